The summed E-state index contributed by atoms with van der Waals surface area (Å²) in [5.74, 6) is -1.28. The van der Waals surface area contributed by atoms with Crippen LogP contribution in [-0.4, -0.2) is 30.6 Å². The number of hydrogen-bond donors (Lipinski definition) is 2. The molecule has 0 bridgehead atoms. The van der Waals surface area contributed by atoms with Crippen molar-refractivity contribution in [3.05, 3.63) is 65.2 Å². The minimum absolute atomic E-state index is 0.0417. The summed E-state index contributed by atoms with van der Waals surface area (Å²) in [6, 6.07) is 9.81. The molecule has 4 nitrogen and oxygen atoms in total. The number of anilines is 1. The van der Waals surface area contributed by atoms with E-state index in [0.717, 1.165) is 25.9 Å². The van der Waals surface area contributed by atoms with Crippen molar-refractivity contribution in [2.75, 3.05) is 24.5 Å². The Morgan fingerprint density at radius 2 is 1.80 bits per heavy atom. The highest BCUT2D eigenvalue weighted by Crippen LogP contribution is 2.24. The lowest BCUT2D eigenvalue weighted by Crippen LogP contribution is -2.28. The van der Waals surface area contributed by atoms with Crippen LogP contribution in [0.25, 0.3) is 0 Å². The maximum Gasteiger partial charge on any atom is 0.251 e. The second-order valence-corrected chi connectivity index (χ2v) is 6.14. The summed E-state index contributed by atoms with van der Waals surface area (Å²) in [4.78, 5) is 14.1. The van der Waals surface area contributed by atoms with Crippen LogP contribution < -0.4 is 10.2 Å². The number of aliphatic hydroxyl groups excluding tert-OH is 1. The van der Waals surface area contributed by atoms with Crippen molar-refractivity contribution >= 4 is 11.6 Å². The quantitative estimate of drug-likeness (QED) is 0.875. The van der Waals surface area contributed by atoms with Gasteiger partial charge in [0.1, 0.15) is 11.6 Å². The molecule has 1 aliphatic rings. The van der Waals surface area contributed by atoms with E-state index in [1.807, 2.05) is 4.90 Å². The van der Waals surface area contributed by atoms with E-state index in [2.05, 4.69) is 5.32 Å². The summed E-state index contributed by atoms with van der Waals surface area (Å²) in [5.41, 5.74) is 1.21. The Balaban J connectivity index is 1.61. The first-order valence-corrected chi connectivity index (χ1v) is 8.31. The summed E-state index contributed by atoms with van der Waals surface area (Å²) in [6.45, 7) is 1.61. The molecular formula is C19H20F2N2O2. The largest absolute Gasteiger partial charge is 0.387 e. The Bertz CT molecular complexity index is 744. The molecule has 1 unspecified atom stereocenters. The van der Waals surface area contributed by atoms with Gasteiger partial charge in [-0.1, -0.05) is 12.1 Å². The second-order valence-electron chi connectivity index (χ2n) is 6.14. The van der Waals surface area contributed by atoms with Gasteiger partial charge < -0.3 is 15.3 Å². The average Bonchev–Trinajstić information content (AvgIpc) is 3.14. The number of carbonyl (C=O) groups is 1. The molecule has 6 heteroatoms. The third-order valence-electron chi connectivity index (χ3n) is 4.37. The number of amides is 1. The van der Waals surface area contributed by atoms with E-state index in [1.54, 1.807) is 12.1 Å². The molecule has 25 heavy (non-hydrogen) atoms. The molecule has 0 aliphatic carbocycles. The lowest BCUT2D eigenvalue weighted by atomic mass is 10.1. The molecule has 0 aromatic heterocycles. The second kappa shape index (κ2) is 7.61. The summed E-state index contributed by atoms with van der Waals surface area (Å²) >= 11 is 0. The molecule has 1 aliphatic heterocycles. The molecule has 1 atom stereocenters. The van der Waals surface area contributed by atoms with Gasteiger partial charge in [0, 0.05) is 25.2 Å². The first kappa shape index (κ1) is 17.4. The van der Waals surface area contributed by atoms with E-state index in [1.165, 1.54) is 30.3 Å². The number of aliphatic hydroxyl groups is 1. The average molecular weight is 346 g/mol. The van der Waals surface area contributed by atoms with E-state index in [9.17, 15) is 18.7 Å². The lowest BCUT2D eigenvalue weighted by molar-refractivity contribution is 0.0916. The smallest absolute Gasteiger partial charge is 0.251 e. The molecule has 2 N–H and O–H groups in total. The minimum atomic E-state index is -0.960. The molecule has 0 spiro atoms. The third kappa shape index (κ3) is 4.14. The molecule has 2 aromatic rings. The Labute approximate surface area is 145 Å². The fraction of sp³-hybridized carbons (Fsp3) is 0.316. The van der Waals surface area contributed by atoms with Gasteiger partial charge in [-0.2, -0.15) is 0 Å². The van der Waals surface area contributed by atoms with Crippen LogP contribution in [0, 0.1) is 11.6 Å². The number of nitrogens with zero attached hydrogens (tertiary/aromatic N) is 1. The fourth-order valence-electron chi connectivity index (χ4n) is 2.96. The zero-order chi connectivity index (χ0) is 17.8. The molecule has 132 valence electrons. The van der Waals surface area contributed by atoms with Crippen LogP contribution in [0.3, 0.4) is 0 Å². The number of carbonyl (C=O) groups excluding carboxylic acids is 1. The Hall–Kier alpha value is -2.47. The molecule has 2 aromatic carbocycles. The van der Waals surface area contributed by atoms with E-state index in [-0.39, 0.29) is 12.1 Å². The predicted molar refractivity (Wildman–Crippen MR) is 91.5 cm³/mol. The topological polar surface area (TPSA) is 52.6 Å². The van der Waals surface area contributed by atoms with Gasteiger partial charge in [-0.3, -0.25) is 4.79 Å². The standard InChI is InChI=1S/C19H20F2N2O2/c20-15-6-3-13(4-7-15)18(24)12-22-19(25)14-5-8-17(16(21)11-14)23-9-1-2-10-23/h3-8,11,18,24H,1-2,9-10,12H2,(H,22,25). The fourth-order valence-corrected chi connectivity index (χ4v) is 2.96. The molecular weight excluding hydrogens is 326 g/mol. The Kier molecular flexibility index (Phi) is 5.28. The highest BCUT2D eigenvalue weighted by molar-refractivity contribution is 5.94. The van der Waals surface area contributed by atoms with E-state index in [0.29, 0.717) is 11.3 Å². The zero-order valence-electron chi connectivity index (χ0n) is 13.7. The van der Waals surface area contributed by atoms with Crippen molar-refractivity contribution in [1.82, 2.24) is 5.32 Å². The van der Waals surface area contributed by atoms with Gasteiger partial charge in [0.25, 0.3) is 5.91 Å². The van der Waals surface area contributed by atoms with Crippen molar-refractivity contribution in [3.8, 4) is 0 Å². The van der Waals surface area contributed by atoms with Crippen LogP contribution in [0.4, 0.5) is 14.5 Å². The predicted octanol–water partition coefficient (Wildman–Crippen LogP) is 3.03. The van der Waals surface area contributed by atoms with Gasteiger partial charge in [-0.25, -0.2) is 8.78 Å². The molecule has 1 saturated heterocycles. The monoisotopic (exact) mass is 346 g/mol. The highest BCUT2D eigenvalue weighted by Gasteiger charge is 2.18. The van der Waals surface area contributed by atoms with Gasteiger partial charge in [0.05, 0.1) is 11.8 Å². The molecule has 1 amide bonds. The van der Waals surface area contributed by atoms with Crippen molar-refractivity contribution in [1.29, 1.82) is 0 Å². The number of hydrogen-bond acceptors (Lipinski definition) is 3. The van der Waals surface area contributed by atoms with Crippen LogP contribution in [-0.2, 0) is 0 Å². The number of halogens is 2. The van der Waals surface area contributed by atoms with Gasteiger partial charge in [0.2, 0.25) is 0 Å². The molecule has 0 radical (unpaired) electrons. The van der Waals surface area contributed by atoms with Crippen LogP contribution in [0.2, 0.25) is 0 Å². The van der Waals surface area contributed by atoms with Gasteiger partial charge in [-0.15, -0.1) is 0 Å². The molecule has 3 rings (SSSR count). The van der Waals surface area contributed by atoms with E-state index >= 15 is 0 Å². The van der Waals surface area contributed by atoms with Crippen LogP contribution in [0.1, 0.15) is 34.9 Å². The lowest BCUT2D eigenvalue weighted by Gasteiger charge is -2.19. The van der Waals surface area contributed by atoms with Crippen molar-refractivity contribution in [3.63, 3.8) is 0 Å². The van der Waals surface area contributed by atoms with Crippen LogP contribution in [0.15, 0.2) is 42.5 Å². The van der Waals surface area contributed by atoms with Crippen molar-refractivity contribution in [2.45, 2.75) is 18.9 Å². The maximum atomic E-state index is 14.3. The molecule has 1 fully saturated rings. The van der Waals surface area contributed by atoms with Gasteiger partial charge >= 0.3 is 0 Å². The summed E-state index contributed by atoms with van der Waals surface area (Å²) < 4.78 is 27.1. The van der Waals surface area contributed by atoms with Crippen molar-refractivity contribution < 1.29 is 18.7 Å². The zero-order valence-corrected chi connectivity index (χ0v) is 13.7. The minimum Gasteiger partial charge on any atom is -0.387 e. The first-order valence-electron chi connectivity index (χ1n) is 8.31. The first-order chi connectivity index (χ1) is 12.0. The SMILES string of the molecule is O=C(NCC(O)c1ccc(F)cc1)c1ccc(N2CCCC2)c(F)c1. The number of nitrogens with one attached hydrogen (secondary N) is 1. The third-order valence-corrected chi connectivity index (χ3v) is 4.37. The van der Waals surface area contributed by atoms with Crippen molar-refractivity contribution in [2.24, 2.45) is 0 Å². The Morgan fingerprint density at radius 1 is 1.12 bits per heavy atom. The molecule has 0 saturated carbocycles. The summed E-state index contributed by atoms with van der Waals surface area (Å²) in [6.07, 6.45) is 1.13. The normalized spacial score (nSPS) is 15.2. The summed E-state index contributed by atoms with van der Waals surface area (Å²) in [5, 5.41) is 12.6. The van der Waals surface area contributed by atoms with Crippen LogP contribution in [0.5, 0.6) is 0 Å². The summed E-state index contributed by atoms with van der Waals surface area (Å²) in [7, 11) is 0. The van der Waals surface area contributed by atoms with E-state index < -0.39 is 23.6 Å². The van der Waals surface area contributed by atoms with Crippen LogP contribution >= 0.6 is 0 Å². The number of rotatable bonds is 5. The van der Waals surface area contributed by atoms with Gasteiger partial charge in [-0.05, 0) is 48.7 Å². The Morgan fingerprint density at radius 3 is 2.44 bits per heavy atom. The number of benzene rings is 2. The molecule has 1 heterocycles. The highest BCUT2D eigenvalue weighted by atomic mass is 19.1. The van der Waals surface area contributed by atoms with E-state index in [4.69, 9.17) is 0 Å². The maximum absolute atomic E-state index is 14.3. The van der Waals surface area contributed by atoms with Gasteiger partial charge in [0.15, 0.2) is 0 Å².